The minimum Gasteiger partial charge on any atom is -0.282 e. The molecule has 5 aromatic rings. The van der Waals surface area contributed by atoms with Crippen LogP contribution in [0.1, 0.15) is 45.9 Å². The van der Waals surface area contributed by atoms with E-state index in [9.17, 15) is 0 Å². The van der Waals surface area contributed by atoms with Gasteiger partial charge in [0.1, 0.15) is 0 Å². The normalized spacial score (nSPS) is 11.5. The van der Waals surface area contributed by atoms with Crippen LogP contribution in [-0.4, -0.2) is 45.8 Å². The molecule has 0 radical (unpaired) electrons. The van der Waals surface area contributed by atoms with E-state index in [2.05, 4.69) is 51.8 Å². The number of nitrogens with one attached hydrogen (secondary N) is 4. The minimum absolute atomic E-state index is 0.0593. The van der Waals surface area contributed by atoms with Gasteiger partial charge in [0, 0.05) is 42.4 Å². The third kappa shape index (κ3) is 2.88. The molecule has 0 fully saturated rings. The zero-order valence-electron chi connectivity index (χ0n) is 14.7. The maximum Gasteiger partial charge on any atom is 0.0846 e. The van der Waals surface area contributed by atoms with Gasteiger partial charge in [-0.3, -0.25) is 25.4 Å². The Morgan fingerprint density at radius 3 is 1.43 bits per heavy atom. The lowest BCUT2D eigenvalue weighted by atomic mass is 9.89. The second kappa shape index (κ2) is 6.95. The Labute approximate surface area is 159 Å². The molecule has 0 saturated carbocycles. The molecule has 5 heterocycles. The molecule has 5 rings (SSSR count). The Balaban J connectivity index is 1.62. The van der Waals surface area contributed by atoms with E-state index in [1.54, 1.807) is 24.8 Å². The first kappa shape index (κ1) is 16.2. The summed E-state index contributed by atoms with van der Waals surface area (Å²) in [5, 5.41) is 28.7. The second-order valence-corrected chi connectivity index (χ2v) is 6.43. The van der Waals surface area contributed by atoms with Gasteiger partial charge in [-0.1, -0.05) is 0 Å². The van der Waals surface area contributed by atoms with Crippen molar-refractivity contribution in [3.05, 3.63) is 101 Å². The highest BCUT2D eigenvalue weighted by molar-refractivity contribution is 5.40. The number of aromatic nitrogens is 9. The molecule has 0 bridgehead atoms. The molecular formula is C19H17N9. The van der Waals surface area contributed by atoms with Gasteiger partial charge in [0.05, 0.1) is 28.9 Å². The predicted molar refractivity (Wildman–Crippen MR) is 100 cm³/mol. The molecular weight excluding hydrogens is 354 g/mol. The van der Waals surface area contributed by atoms with E-state index in [1.165, 1.54) is 0 Å². The van der Waals surface area contributed by atoms with Crippen molar-refractivity contribution in [1.29, 1.82) is 0 Å². The maximum absolute atomic E-state index is 4.65. The molecule has 5 aromatic heterocycles. The third-order valence-corrected chi connectivity index (χ3v) is 4.77. The van der Waals surface area contributed by atoms with Crippen molar-refractivity contribution in [3.8, 4) is 0 Å². The van der Waals surface area contributed by atoms with E-state index in [-0.39, 0.29) is 11.8 Å². The van der Waals surface area contributed by atoms with Crippen molar-refractivity contribution in [2.24, 2.45) is 0 Å². The molecule has 0 aliphatic rings. The molecule has 28 heavy (non-hydrogen) atoms. The van der Waals surface area contributed by atoms with Crippen molar-refractivity contribution in [2.75, 3.05) is 0 Å². The Bertz CT molecular complexity index is 954. The highest BCUT2D eigenvalue weighted by atomic mass is 15.1. The average molecular weight is 371 g/mol. The highest BCUT2D eigenvalue weighted by Crippen LogP contribution is 2.33. The lowest BCUT2D eigenvalue weighted by molar-refractivity contribution is 0.802. The van der Waals surface area contributed by atoms with Gasteiger partial charge < -0.3 is 0 Å². The third-order valence-electron chi connectivity index (χ3n) is 4.77. The van der Waals surface area contributed by atoms with Gasteiger partial charge in [-0.25, -0.2) is 0 Å². The van der Waals surface area contributed by atoms with Crippen molar-refractivity contribution in [1.82, 2.24) is 45.8 Å². The van der Waals surface area contributed by atoms with Crippen LogP contribution in [0.25, 0.3) is 0 Å². The number of H-pyrrole nitrogens is 4. The molecule has 138 valence electrons. The van der Waals surface area contributed by atoms with E-state index in [4.69, 9.17) is 0 Å². The fourth-order valence-corrected chi connectivity index (χ4v) is 3.53. The molecule has 4 N–H and O–H groups in total. The number of hydrogen-bond donors (Lipinski definition) is 4. The standard InChI is InChI=1S/C19H17N9/c1-6-20-17(19(15-4-9-23-27-15)16-5-10-24-28-16)11-12(1)18(13-2-7-21-25-13)14-3-8-22-26-14/h1-11,18-19H,(H,21,25)(H,22,26)(H,23,27)(H,24,28). The predicted octanol–water partition coefficient (Wildman–Crippen LogP) is 2.33. The summed E-state index contributed by atoms with van der Waals surface area (Å²) in [6.45, 7) is 0. The molecule has 0 amide bonds. The fraction of sp³-hybridized carbons (Fsp3) is 0.105. The van der Waals surface area contributed by atoms with Crippen LogP contribution in [0.3, 0.4) is 0 Å². The quantitative estimate of drug-likeness (QED) is 0.364. The number of aromatic amines is 4. The maximum atomic E-state index is 4.65. The first-order chi connectivity index (χ1) is 13.9. The SMILES string of the molecule is c1cc(C(c2ccnc(C(c3ccn[nH]3)c3ccn[nH]3)c2)c2ccn[nH]2)[nH]n1. The van der Waals surface area contributed by atoms with Crippen LogP contribution in [-0.2, 0) is 0 Å². The van der Waals surface area contributed by atoms with Crippen LogP contribution in [0, 0.1) is 0 Å². The fourth-order valence-electron chi connectivity index (χ4n) is 3.53. The lowest BCUT2D eigenvalue weighted by Crippen LogP contribution is -2.10. The summed E-state index contributed by atoms with van der Waals surface area (Å²) in [4.78, 5) is 4.65. The molecule has 0 aromatic carbocycles. The number of rotatable bonds is 6. The number of nitrogens with zero attached hydrogens (tertiary/aromatic N) is 5. The van der Waals surface area contributed by atoms with Gasteiger partial charge in [-0.2, -0.15) is 20.4 Å². The molecule has 0 spiro atoms. The van der Waals surface area contributed by atoms with Crippen LogP contribution < -0.4 is 0 Å². The molecule has 0 unspecified atom stereocenters. The summed E-state index contributed by atoms with van der Waals surface area (Å²) >= 11 is 0. The summed E-state index contributed by atoms with van der Waals surface area (Å²) in [7, 11) is 0. The van der Waals surface area contributed by atoms with Gasteiger partial charge in [0.15, 0.2) is 0 Å². The first-order valence-electron chi connectivity index (χ1n) is 8.83. The molecule has 0 aliphatic carbocycles. The van der Waals surface area contributed by atoms with Crippen molar-refractivity contribution >= 4 is 0 Å². The Morgan fingerprint density at radius 1 is 0.536 bits per heavy atom. The van der Waals surface area contributed by atoms with Gasteiger partial charge in [0.25, 0.3) is 0 Å². The van der Waals surface area contributed by atoms with Crippen molar-refractivity contribution in [3.63, 3.8) is 0 Å². The molecule has 9 nitrogen and oxygen atoms in total. The van der Waals surface area contributed by atoms with Gasteiger partial charge in [-0.15, -0.1) is 0 Å². The number of pyridine rings is 1. The van der Waals surface area contributed by atoms with Gasteiger partial charge in [-0.05, 0) is 42.0 Å². The monoisotopic (exact) mass is 371 g/mol. The smallest absolute Gasteiger partial charge is 0.0846 e. The van der Waals surface area contributed by atoms with E-state index < -0.39 is 0 Å². The molecule has 0 aliphatic heterocycles. The van der Waals surface area contributed by atoms with Crippen molar-refractivity contribution < 1.29 is 0 Å². The van der Waals surface area contributed by atoms with Gasteiger partial charge >= 0.3 is 0 Å². The van der Waals surface area contributed by atoms with Crippen LogP contribution in [0.5, 0.6) is 0 Å². The average Bonchev–Trinajstić information content (AvgIpc) is 3.51. The zero-order chi connectivity index (χ0) is 18.8. The Kier molecular flexibility index (Phi) is 4.02. The molecule has 0 saturated heterocycles. The molecule has 9 heteroatoms. The van der Waals surface area contributed by atoms with Crippen molar-refractivity contribution in [2.45, 2.75) is 11.8 Å². The summed E-state index contributed by atoms with van der Waals surface area (Å²) in [5.74, 6) is -0.190. The summed E-state index contributed by atoms with van der Waals surface area (Å²) in [6.07, 6.45) is 8.79. The second-order valence-electron chi connectivity index (χ2n) is 6.43. The van der Waals surface area contributed by atoms with E-state index >= 15 is 0 Å². The van der Waals surface area contributed by atoms with E-state index in [1.807, 2.05) is 36.5 Å². The largest absolute Gasteiger partial charge is 0.282 e. The first-order valence-corrected chi connectivity index (χ1v) is 8.83. The Morgan fingerprint density at radius 2 is 1.00 bits per heavy atom. The minimum atomic E-state index is -0.130. The van der Waals surface area contributed by atoms with Crippen LogP contribution in [0.15, 0.2) is 67.4 Å². The summed E-state index contributed by atoms with van der Waals surface area (Å²) < 4.78 is 0. The van der Waals surface area contributed by atoms with Crippen LogP contribution >= 0.6 is 0 Å². The van der Waals surface area contributed by atoms with E-state index in [0.29, 0.717) is 0 Å². The molecule has 0 atom stereocenters. The summed E-state index contributed by atoms with van der Waals surface area (Å²) in [5.41, 5.74) is 5.78. The zero-order valence-corrected chi connectivity index (χ0v) is 14.7. The lowest BCUT2D eigenvalue weighted by Gasteiger charge is -2.18. The van der Waals surface area contributed by atoms with Gasteiger partial charge in [0.2, 0.25) is 0 Å². The Hall–Kier alpha value is -4.01. The number of hydrogen-bond acceptors (Lipinski definition) is 5. The topological polar surface area (TPSA) is 128 Å². The highest BCUT2D eigenvalue weighted by Gasteiger charge is 2.24. The van der Waals surface area contributed by atoms with E-state index in [0.717, 1.165) is 34.0 Å². The van der Waals surface area contributed by atoms with Crippen LogP contribution in [0.2, 0.25) is 0 Å². The summed E-state index contributed by atoms with van der Waals surface area (Å²) in [6, 6.07) is 11.9. The van der Waals surface area contributed by atoms with Crippen LogP contribution in [0.4, 0.5) is 0 Å².